The highest BCUT2D eigenvalue weighted by Gasteiger charge is 2.19. The first-order valence-electron chi connectivity index (χ1n) is 8.14. The quantitative estimate of drug-likeness (QED) is 0.764. The molecule has 0 radical (unpaired) electrons. The average Bonchev–Trinajstić information content (AvgIpc) is 3.00. The van der Waals surface area contributed by atoms with Crippen molar-refractivity contribution < 1.29 is 4.79 Å². The van der Waals surface area contributed by atoms with Crippen molar-refractivity contribution in [3.8, 4) is 0 Å². The number of hydrogen-bond acceptors (Lipinski definition) is 5. The molecule has 25 heavy (non-hydrogen) atoms. The number of likely N-dealkylation sites (N-methyl/N-ethyl adjacent to an activating group) is 1. The molecule has 0 bridgehead atoms. The summed E-state index contributed by atoms with van der Waals surface area (Å²) in [6.45, 7) is 6.24. The van der Waals surface area contributed by atoms with Gasteiger partial charge in [0.2, 0.25) is 5.91 Å². The molecule has 7 nitrogen and oxygen atoms in total. The molecule has 0 fully saturated rings. The summed E-state index contributed by atoms with van der Waals surface area (Å²) in [7, 11) is 1.63. The number of carbonyl (C=O) groups excluding carboxylic acids is 1. The lowest BCUT2D eigenvalue weighted by atomic mass is 10.1. The molecule has 1 amide bonds. The van der Waals surface area contributed by atoms with E-state index in [1.807, 2.05) is 28.9 Å². The Balaban J connectivity index is 1.92. The van der Waals surface area contributed by atoms with E-state index in [0.717, 1.165) is 22.3 Å². The first-order valence-corrected chi connectivity index (χ1v) is 8.14. The van der Waals surface area contributed by atoms with Gasteiger partial charge in [-0.2, -0.15) is 5.10 Å². The van der Waals surface area contributed by atoms with E-state index in [9.17, 15) is 4.79 Å². The highest BCUT2D eigenvalue weighted by Crippen LogP contribution is 2.26. The van der Waals surface area contributed by atoms with Crippen molar-refractivity contribution in [2.45, 2.75) is 32.7 Å². The Labute approximate surface area is 146 Å². The maximum atomic E-state index is 11.6. The number of carbonyl (C=O) groups is 1. The lowest BCUT2D eigenvalue weighted by molar-refractivity contribution is -0.119. The van der Waals surface area contributed by atoms with Crippen molar-refractivity contribution in [1.29, 1.82) is 0 Å². The molecule has 0 aliphatic rings. The van der Waals surface area contributed by atoms with E-state index in [4.69, 9.17) is 0 Å². The molecule has 3 aromatic rings. The van der Waals surface area contributed by atoms with Crippen LogP contribution in [0.2, 0.25) is 0 Å². The summed E-state index contributed by atoms with van der Waals surface area (Å²) in [5.41, 5.74) is 2.41. The van der Waals surface area contributed by atoms with Gasteiger partial charge in [0.1, 0.15) is 12.1 Å². The van der Waals surface area contributed by atoms with Gasteiger partial charge in [-0.25, -0.2) is 14.6 Å². The Morgan fingerprint density at radius 3 is 2.76 bits per heavy atom. The first kappa shape index (κ1) is 16.9. The van der Waals surface area contributed by atoms with Crippen LogP contribution in [0.3, 0.4) is 0 Å². The number of aromatic nitrogens is 4. The van der Waals surface area contributed by atoms with Crippen molar-refractivity contribution in [2.24, 2.45) is 0 Å². The molecule has 1 aromatic carbocycles. The Hall–Kier alpha value is -2.96. The second kappa shape index (κ2) is 6.51. The molecule has 3 rings (SSSR count). The molecule has 0 saturated heterocycles. The number of benzene rings is 1. The second-order valence-electron chi connectivity index (χ2n) is 6.86. The van der Waals surface area contributed by atoms with Gasteiger partial charge >= 0.3 is 0 Å². The number of amides is 1. The van der Waals surface area contributed by atoms with Gasteiger partial charge in [-0.3, -0.25) is 4.79 Å². The summed E-state index contributed by atoms with van der Waals surface area (Å²) in [4.78, 5) is 20.3. The molecule has 0 saturated carbocycles. The van der Waals surface area contributed by atoms with E-state index in [1.165, 1.54) is 6.33 Å². The van der Waals surface area contributed by atoms with Crippen LogP contribution in [-0.2, 0) is 16.8 Å². The standard InChI is InChI=1S/C18H22N6O/c1-18(2,3)24-17-14(10-22-24)16(20-11-21-17)23-13-7-5-6-12(8-13)9-15(25)19-4/h5-8,10-11H,9H2,1-4H3,(H,19,25)(H,20,21,23). The van der Waals surface area contributed by atoms with E-state index in [2.05, 4.69) is 46.5 Å². The van der Waals surface area contributed by atoms with Crippen LogP contribution in [0.4, 0.5) is 11.5 Å². The largest absolute Gasteiger partial charge is 0.359 e. The minimum absolute atomic E-state index is 0.0203. The Kier molecular flexibility index (Phi) is 4.39. The monoisotopic (exact) mass is 338 g/mol. The van der Waals surface area contributed by atoms with Crippen LogP contribution in [0.25, 0.3) is 11.0 Å². The molecule has 2 heterocycles. The van der Waals surface area contributed by atoms with Gasteiger partial charge < -0.3 is 10.6 Å². The molecule has 0 spiro atoms. The fourth-order valence-electron chi connectivity index (χ4n) is 2.60. The van der Waals surface area contributed by atoms with Gasteiger partial charge in [0, 0.05) is 12.7 Å². The maximum Gasteiger partial charge on any atom is 0.224 e. The zero-order chi connectivity index (χ0) is 18.0. The van der Waals surface area contributed by atoms with E-state index in [1.54, 1.807) is 13.2 Å². The highest BCUT2D eigenvalue weighted by atomic mass is 16.1. The third-order valence-electron chi connectivity index (χ3n) is 3.83. The minimum Gasteiger partial charge on any atom is -0.359 e. The number of fused-ring (bicyclic) bond motifs is 1. The Morgan fingerprint density at radius 1 is 1.24 bits per heavy atom. The molecule has 7 heteroatoms. The molecule has 2 aromatic heterocycles. The number of nitrogens with zero attached hydrogens (tertiary/aromatic N) is 4. The summed E-state index contributed by atoms with van der Waals surface area (Å²) in [6, 6.07) is 7.72. The van der Waals surface area contributed by atoms with Crippen LogP contribution < -0.4 is 10.6 Å². The summed E-state index contributed by atoms with van der Waals surface area (Å²) >= 11 is 0. The highest BCUT2D eigenvalue weighted by molar-refractivity contribution is 5.88. The van der Waals surface area contributed by atoms with Gasteiger partial charge in [-0.1, -0.05) is 12.1 Å². The smallest absolute Gasteiger partial charge is 0.224 e. The SMILES string of the molecule is CNC(=O)Cc1cccc(Nc2ncnc3c2cnn3C(C)(C)C)c1. The summed E-state index contributed by atoms with van der Waals surface area (Å²) in [6.07, 6.45) is 3.65. The van der Waals surface area contributed by atoms with Crippen LogP contribution in [-0.4, -0.2) is 32.7 Å². The number of anilines is 2. The topological polar surface area (TPSA) is 84.7 Å². The van der Waals surface area contributed by atoms with Crippen molar-refractivity contribution in [3.05, 3.63) is 42.4 Å². The maximum absolute atomic E-state index is 11.6. The fraction of sp³-hybridized carbons (Fsp3) is 0.333. The number of rotatable bonds is 4. The predicted octanol–water partition coefficient (Wildman–Crippen LogP) is 2.61. The van der Waals surface area contributed by atoms with Gasteiger partial charge in [-0.15, -0.1) is 0 Å². The molecule has 0 atom stereocenters. The van der Waals surface area contributed by atoms with Crippen LogP contribution in [0.5, 0.6) is 0 Å². The van der Waals surface area contributed by atoms with Crippen LogP contribution >= 0.6 is 0 Å². The summed E-state index contributed by atoms with van der Waals surface area (Å²) in [5.74, 6) is 0.672. The van der Waals surface area contributed by atoms with Gasteiger partial charge in [0.15, 0.2) is 5.65 Å². The van der Waals surface area contributed by atoms with Crippen molar-refractivity contribution in [3.63, 3.8) is 0 Å². The third-order valence-corrected chi connectivity index (χ3v) is 3.83. The molecule has 0 aliphatic heterocycles. The lowest BCUT2D eigenvalue weighted by Gasteiger charge is -2.19. The zero-order valence-electron chi connectivity index (χ0n) is 14.9. The van der Waals surface area contributed by atoms with Gasteiger partial charge in [-0.05, 0) is 38.5 Å². The number of nitrogens with one attached hydrogen (secondary N) is 2. The van der Waals surface area contributed by atoms with Crippen molar-refractivity contribution >= 4 is 28.4 Å². The predicted molar refractivity (Wildman–Crippen MR) is 97.8 cm³/mol. The zero-order valence-corrected chi connectivity index (χ0v) is 14.9. The van der Waals surface area contributed by atoms with Gasteiger partial charge in [0.25, 0.3) is 0 Å². The van der Waals surface area contributed by atoms with E-state index < -0.39 is 0 Å². The second-order valence-corrected chi connectivity index (χ2v) is 6.86. The molecule has 2 N–H and O–H groups in total. The molecule has 0 aliphatic carbocycles. The van der Waals surface area contributed by atoms with E-state index in [0.29, 0.717) is 12.2 Å². The molecular weight excluding hydrogens is 316 g/mol. The fourth-order valence-corrected chi connectivity index (χ4v) is 2.60. The molecule has 0 unspecified atom stereocenters. The lowest BCUT2D eigenvalue weighted by Crippen LogP contribution is -2.23. The summed E-state index contributed by atoms with van der Waals surface area (Å²) in [5, 5.41) is 11.3. The van der Waals surface area contributed by atoms with Gasteiger partial charge in [0.05, 0.1) is 23.5 Å². The van der Waals surface area contributed by atoms with Crippen molar-refractivity contribution in [1.82, 2.24) is 25.1 Å². The Bertz CT molecular complexity index is 909. The summed E-state index contributed by atoms with van der Waals surface area (Å²) < 4.78 is 1.89. The van der Waals surface area contributed by atoms with Crippen LogP contribution in [0, 0.1) is 0 Å². The number of hydrogen-bond donors (Lipinski definition) is 2. The van der Waals surface area contributed by atoms with E-state index in [-0.39, 0.29) is 11.4 Å². The Morgan fingerprint density at radius 2 is 2.04 bits per heavy atom. The third kappa shape index (κ3) is 3.60. The molecule has 130 valence electrons. The molecular formula is C18H22N6O. The van der Waals surface area contributed by atoms with Crippen LogP contribution in [0.1, 0.15) is 26.3 Å². The normalized spacial score (nSPS) is 11.5. The van der Waals surface area contributed by atoms with E-state index >= 15 is 0 Å². The van der Waals surface area contributed by atoms with Crippen LogP contribution in [0.15, 0.2) is 36.8 Å². The average molecular weight is 338 g/mol. The van der Waals surface area contributed by atoms with Crippen molar-refractivity contribution in [2.75, 3.05) is 12.4 Å². The minimum atomic E-state index is -0.166. The first-order chi connectivity index (χ1) is 11.9.